The van der Waals surface area contributed by atoms with E-state index in [9.17, 15) is 18.0 Å². The van der Waals surface area contributed by atoms with Crippen LogP contribution in [0.1, 0.15) is 51.7 Å². The van der Waals surface area contributed by atoms with Crippen molar-refractivity contribution >= 4 is 33.0 Å². The minimum absolute atomic E-state index is 0.554. The quantitative estimate of drug-likeness (QED) is 0.610. The zero-order valence-corrected chi connectivity index (χ0v) is 20.1. The topological polar surface area (TPSA) is 77.5 Å². The van der Waals surface area contributed by atoms with Crippen molar-refractivity contribution in [2.24, 2.45) is 0 Å². The number of halogens is 1. The predicted octanol–water partition coefficient (Wildman–Crippen LogP) is 4.79. The second-order valence-corrected chi connectivity index (χ2v) is 12.3. The van der Waals surface area contributed by atoms with Gasteiger partial charge in [0.2, 0.25) is 0 Å². The van der Waals surface area contributed by atoms with Gasteiger partial charge in [0, 0.05) is 10.6 Å². The van der Waals surface area contributed by atoms with Crippen molar-refractivity contribution in [2.45, 2.75) is 56.5 Å². The summed E-state index contributed by atoms with van der Waals surface area (Å²) in [6.45, 7) is 7.50. The summed E-state index contributed by atoms with van der Waals surface area (Å²) in [5, 5.41) is 0.560. The van der Waals surface area contributed by atoms with Crippen LogP contribution in [0.2, 0.25) is 5.02 Å². The Bertz CT molecular complexity index is 1140. The fourth-order valence-corrected chi connectivity index (χ4v) is 6.48. The number of benzene rings is 2. The highest BCUT2D eigenvalue weighted by Crippen LogP contribution is 2.45. The third-order valence-corrected chi connectivity index (χ3v) is 9.69. The van der Waals surface area contributed by atoms with Gasteiger partial charge >= 0.3 is 0 Å². The number of hydrogen-bond donors (Lipinski definition) is 0. The lowest BCUT2D eigenvalue weighted by atomic mass is 9.77. The van der Waals surface area contributed by atoms with Gasteiger partial charge in [0.25, 0.3) is 0 Å². The van der Waals surface area contributed by atoms with E-state index < -0.39 is 36.8 Å². The van der Waals surface area contributed by atoms with Crippen molar-refractivity contribution < 1.29 is 22.7 Å². The average Bonchev–Trinajstić information content (AvgIpc) is 2.72. The summed E-state index contributed by atoms with van der Waals surface area (Å²) in [5.41, 5.74) is 2.98. The van der Waals surface area contributed by atoms with Gasteiger partial charge in [-0.05, 0) is 69.0 Å². The van der Waals surface area contributed by atoms with E-state index in [0.29, 0.717) is 22.8 Å². The van der Waals surface area contributed by atoms with Crippen LogP contribution in [-0.2, 0) is 25.8 Å². The van der Waals surface area contributed by atoms with Crippen LogP contribution in [0.25, 0.3) is 11.1 Å². The molecular formula is C24H27ClO5S. The zero-order valence-electron chi connectivity index (χ0n) is 18.6. The molecule has 1 heterocycles. The Labute approximate surface area is 188 Å². The van der Waals surface area contributed by atoms with Gasteiger partial charge in [0.1, 0.15) is 21.2 Å². The molecule has 0 radical (unpaired) electrons. The summed E-state index contributed by atoms with van der Waals surface area (Å²) in [4.78, 5) is 26.6. The molecule has 0 spiro atoms. The van der Waals surface area contributed by atoms with E-state index in [-0.39, 0.29) is 0 Å². The highest BCUT2D eigenvalue weighted by atomic mass is 35.5. The Kier molecular flexibility index (Phi) is 5.87. The molecule has 0 saturated carbocycles. The molecule has 1 aliphatic rings. The number of sulfone groups is 1. The average molecular weight is 463 g/mol. The van der Waals surface area contributed by atoms with E-state index in [1.165, 1.54) is 27.7 Å². The molecule has 1 aliphatic heterocycles. The summed E-state index contributed by atoms with van der Waals surface area (Å²) < 4.78 is 28.1. The van der Waals surface area contributed by atoms with Crippen molar-refractivity contribution in [3.05, 3.63) is 52.5 Å². The molecule has 2 aromatic carbocycles. The number of hydrogen-bond acceptors (Lipinski definition) is 5. The molecule has 166 valence electrons. The highest BCUT2D eigenvalue weighted by molar-refractivity contribution is 7.95. The van der Waals surface area contributed by atoms with Gasteiger partial charge in [0.05, 0.1) is 7.11 Å². The Morgan fingerprint density at radius 1 is 0.968 bits per heavy atom. The van der Waals surface area contributed by atoms with Crippen LogP contribution < -0.4 is 4.74 Å². The van der Waals surface area contributed by atoms with E-state index in [2.05, 4.69) is 0 Å². The molecule has 1 fully saturated rings. The van der Waals surface area contributed by atoms with E-state index in [1.807, 2.05) is 19.1 Å². The minimum Gasteiger partial charge on any atom is -0.496 e. The maximum absolute atomic E-state index is 13.3. The summed E-state index contributed by atoms with van der Waals surface area (Å²) in [6, 6.07) is 10.8. The lowest BCUT2D eigenvalue weighted by Gasteiger charge is -2.42. The van der Waals surface area contributed by atoms with Crippen LogP contribution in [-0.4, -0.2) is 36.6 Å². The van der Waals surface area contributed by atoms with Gasteiger partial charge < -0.3 is 4.74 Å². The second-order valence-electron chi connectivity index (χ2n) is 8.80. The van der Waals surface area contributed by atoms with Crippen molar-refractivity contribution in [1.29, 1.82) is 0 Å². The van der Waals surface area contributed by atoms with Crippen molar-refractivity contribution in [3.63, 3.8) is 0 Å². The Morgan fingerprint density at radius 3 is 2.06 bits per heavy atom. The SMILES string of the molecule is CCc1cc(-c2cc(Cl)ccc2OC)ccc1C1C(=O)C(C)(C)S(=O)(=O)C(C)(C)C1=O. The van der Waals surface area contributed by atoms with Crippen LogP contribution in [0.5, 0.6) is 5.75 Å². The van der Waals surface area contributed by atoms with Crippen LogP contribution in [0.15, 0.2) is 36.4 Å². The summed E-state index contributed by atoms with van der Waals surface area (Å²) in [7, 11) is -2.42. The van der Waals surface area contributed by atoms with Crippen LogP contribution in [0.3, 0.4) is 0 Å². The molecule has 31 heavy (non-hydrogen) atoms. The monoisotopic (exact) mass is 462 g/mol. The van der Waals surface area contributed by atoms with Gasteiger partial charge in [-0.1, -0.05) is 36.7 Å². The predicted molar refractivity (Wildman–Crippen MR) is 123 cm³/mol. The Hall–Kier alpha value is -2.18. The minimum atomic E-state index is -3.99. The smallest absolute Gasteiger partial charge is 0.174 e. The first kappa shape index (κ1) is 23.5. The molecular weight excluding hydrogens is 436 g/mol. The number of methoxy groups -OCH3 is 1. The lowest BCUT2D eigenvalue weighted by Crippen LogP contribution is -2.63. The maximum Gasteiger partial charge on any atom is 0.174 e. The molecule has 0 atom stereocenters. The summed E-state index contributed by atoms with van der Waals surface area (Å²) in [5.74, 6) is -1.64. The van der Waals surface area contributed by atoms with Crippen LogP contribution in [0.4, 0.5) is 0 Å². The Balaban J connectivity index is 2.20. The number of carbonyl (C=O) groups excluding carboxylic acids is 2. The first-order chi connectivity index (χ1) is 14.3. The molecule has 0 aliphatic carbocycles. The number of ketones is 2. The molecule has 1 saturated heterocycles. The summed E-state index contributed by atoms with van der Waals surface area (Å²) in [6.07, 6.45) is 0.566. The molecule has 3 rings (SSSR count). The first-order valence-corrected chi connectivity index (χ1v) is 12.0. The third-order valence-electron chi connectivity index (χ3n) is 6.36. The van der Waals surface area contributed by atoms with E-state index in [0.717, 1.165) is 16.7 Å². The molecule has 5 nitrogen and oxygen atoms in total. The van der Waals surface area contributed by atoms with Gasteiger partial charge in [-0.3, -0.25) is 9.59 Å². The second kappa shape index (κ2) is 7.75. The molecule has 0 amide bonds. The van der Waals surface area contributed by atoms with Crippen molar-refractivity contribution in [2.75, 3.05) is 7.11 Å². The number of aryl methyl sites for hydroxylation is 1. The Morgan fingerprint density at radius 2 is 1.55 bits per heavy atom. The highest BCUT2D eigenvalue weighted by Gasteiger charge is 2.63. The van der Waals surface area contributed by atoms with E-state index >= 15 is 0 Å². The maximum atomic E-state index is 13.3. The molecule has 0 aromatic heterocycles. The van der Waals surface area contributed by atoms with Crippen LogP contribution >= 0.6 is 11.6 Å². The largest absolute Gasteiger partial charge is 0.496 e. The van der Waals surface area contributed by atoms with Crippen LogP contribution in [0, 0.1) is 0 Å². The van der Waals surface area contributed by atoms with Crippen molar-refractivity contribution in [3.8, 4) is 16.9 Å². The number of Topliss-reactive ketones (excluding diaryl/α,β-unsaturated/α-hetero) is 2. The molecule has 0 N–H and O–H groups in total. The zero-order chi connectivity index (χ0) is 23.4. The fraction of sp³-hybridized carbons (Fsp3) is 0.417. The standard InChI is InChI=1S/C24H27ClO5S/c1-7-14-12-15(18-13-16(25)9-11-19(18)30-6)8-10-17(14)20-21(26)23(2,3)31(28,29)24(4,5)22(20)27/h8-13,20H,7H2,1-6H3. The fourth-order valence-electron chi connectivity index (χ4n) is 4.27. The number of ether oxygens (including phenoxy) is 1. The molecule has 0 unspecified atom stereocenters. The first-order valence-electron chi connectivity index (χ1n) is 10.1. The number of rotatable bonds is 4. The van der Waals surface area contributed by atoms with E-state index in [4.69, 9.17) is 16.3 Å². The number of carbonyl (C=O) groups is 2. The third kappa shape index (κ3) is 3.40. The van der Waals surface area contributed by atoms with Crippen molar-refractivity contribution in [1.82, 2.24) is 0 Å². The molecule has 7 heteroatoms. The van der Waals surface area contributed by atoms with Gasteiger partial charge in [-0.15, -0.1) is 0 Å². The van der Waals surface area contributed by atoms with Gasteiger partial charge in [0.15, 0.2) is 21.4 Å². The lowest BCUT2D eigenvalue weighted by molar-refractivity contribution is -0.132. The normalized spacial score (nSPS) is 20.0. The van der Waals surface area contributed by atoms with Gasteiger partial charge in [-0.25, -0.2) is 8.42 Å². The molecule has 0 bridgehead atoms. The van der Waals surface area contributed by atoms with Gasteiger partial charge in [-0.2, -0.15) is 0 Å². The molecule has 2 aromatic rings. The van der Waals surface area contributed by atoms with E-state index in [1.54, 1.807) is 31.4 Å². The summed E-state index contributed by atoms with van der Waals surface area (Å²) >= 11 is 6.18.